The highest BCUT2D eigenvalue weighted by molar-refractivity contribution is 6.03. The minimum Gasteiger partial charge on any atom is -0.444 e. The molecule has 8 nitrogen and oxygen atoms in total. The highest BCUT2D eigenvalue weighted by Gasteiger charge is 2.33. The Kier molecular flexibility index (Phi) is 6.63. The number of anilines is 3. The number of nitrogens with one attached hydrogen (secondary N) is 4. The summed E-state index contributed by atoms with van der Waals surface area (Å²) in [4.78, 5) is 29.3. The molecule has 0 unspecified atom stereocenters. The minimum absolute atomic E-state index is 0.0632. The lowest BCUT2D eigenvalue weighted by Crippen LogP contribution is -2.50. The molecule has 1 saturated carbocycles. The van der Waals surface area contributed by atoms with Gasteiger partial charge in [0.15, 0.2) is 11.6 Å². The zero-order valence-corrected chi connectivity index (χ0v) is 20.0. The number of benzene rings is 1. The first-order chi connectivity index (χ1) is 16.1. The van der Waals surface area contributed by atoms with E-state index in [1.165, 1.54) is 0 Å². The number of carbonyl (C=O) groups excluding carboxylic acids is 2. The SMILES string of the molecule is Cc1cccc(Nc2nc(N[C@H]3CCCC[C@H]3NC(=O)OC(C)(C)C)c(F)c3c2C(=O)NC3)c1. The number of hydrogen-bond donors (Lipinski definition) is 4. The number of alkyl carbamates (subject to hydrolysis) is 1. The van der Waals surface area contributed by atoms with Crippen molar-refractivity contribution in [2.75, 3.05) is 10.6 Å². The molecular formula is C25H32FN5O3. The number of rotatable bonds is 5. The number of amides is 2. The van der Waals surface area contributed by atoms with Crippen LogP contribution in [0.4, 0.5) is 26.5 Å². The Morgan fingerprint density at radius 1 is 1.18 bits per heavy atom. The Balaban J connectivity index is 1.60. The van der Waals surface area contributed by atoms with Crippen molar-refractivity contribution in [1.29, 1.82) is 0 Å². The Morgan fingerprint density at radius 3 is 2.62 bits per heavy atom. The van der Waals surface area contributed by atoms with Gasteiger partial charge in [-0.05, 0) is 58.2 Å². The maximum absolute atomic E-state index is 15.4. The van der Waals surface area contributed by atoms with Gasteiger partial charge in [-0.2, -0.15) is 0 Å². The number of aryl methyl sites for hydroxylation is 1. The van der Waals surface area contributed by atoms with Crippen molar-refractivity contribution < 1.29 is 18.7 Å². The summed E-state index contributed by atoms with van der Waals surface area (Å²) in [5.41, 5.74) is 1.70. The number of carbonyl (C=O) groups is 2. The fourth-order valence-electron chi connectivity index (χ4n) is 4.44. The lowest BCUT2D eigenvalue weighted by molar-refractivity contribution is 0.0488. The van der Waals surface area contributed by atoms with Crippen LogP contribution in [0.15, 0.2) is 24.3 Å². The topological polar surface area (TPSA) is 104 Å². The van der Waals surface area contributed by atoms with Crippen molar-refractivity contribution in [1.82, 2.24) is 15.6 Å². The monoisotopic (exact) mass is 469 g/mol. The summed E-state index contributed by atoms with van der Waals surface area (Å²) in [5, 5.41) is 12.0. The first-order valence-electron chi connectivity index (χ1n) is 11.7. The van der Waals surface area contributed by atoms with Gasteiger partial charge in [0, 0.05) is 23.8 Å². The number of ether oxygens (including phenoxy) is 1. The second-order valence-corrected chi connectivity index (χ2v) is 9.94. The average Bonchev–Trinajstić information content (AvgIpc) is 3.13. The molecule has 4 rings (SSSR count). The molecule has 1 aromatic heterocycles. The number of aromatic nitrogens is 1. The molecule has 182 valence electrons. The first kappa shape index (κ1) is 23.8. The molecular weight excluding hydrogens is 437 g/mol. The molecule has 2 aromatic rings. The van der Waals surface area contributed by atoms with Crippen LogP contribution in [0, 0.1) is 12.7 Å². The van der Waals surface area contributed by atoms with Crippen LogP contribution in [0.1, 0.15) is 67.9 Å². The van der Waals surface area contributed by atoms with E-state index in [4.69, 9.17) is 4.74 Å². The van der Waals surface area contributed by atoms with Gasteiger partial charge < -0.3 is 26.0 Å². The minimum atomic E-state index is -0.606. The van der Waals surface area contributed by atoms with E-state index in [0.29, 0.717) is 5.82 Å². The fourth-order valence-corrected chi connectivity index (χ4v) is 4.44. The van der Waals surface area contributed by atoms with Crippen molar-refractivity contribution in [3.8, 4) is 0 Å². The maximum atomic E-state index is 15.4. The summed E-state index contributed by atoms with van der Waals surface area (Å²) in [7, 11) is 0. The molecule has 2 heterocycles. The summed E-state index contributed by atoms with van der Waals surface area (Å²) in [6.45, 7) is 7.50. The van der Waals surface area contributed by atoms with Gasteiger partial charge in [-0.15, -0.1) is 0 Å². The molecule has 34 heavy (non-hydrogen) atoms. The summed E-state index contributed by atoms with van der Waals surface area (Å²) >= 11 is 0. The molecule has 0 bridgehead atoms. The molecule has 1 aromatic carbocycles. The molecule has 4 N–H and O–H groups in total. The molecule has 2 aliphatic rings. The van der Waals surface area contributed by atoms with E-state index in [-0.39, 0.29) is 41.5 Å². The van der Waals surface area contributed by atoms with E-state index in [2.05, 4.69) is 26.3 Å². The van der Waals surface area contributed by atoms with E-state index < -0.39 is 17.5 Å². The molecule has 2 atom stereocenters. The van der Waals surface area contributed by atoms with Crippen LogP contribution < -0.4 is 21.3 Å². The number of fused-ring (bicyclic) bond motifs is 1. The van der Waals surface area contributed by atoms with E-state index in [1.54, 1.807) is 0 Å². The van der Waals surface area contributed by atoms with Gasteiger partial charge in [-0.3, -0.25) is 4.79 Å². The lowest BCUT2D eigenvalue weighted by atomic mass is 9.90. The highest BCUT2D eigenvalue weighted by atomic mass is 19.1. The second kappa shape index (κ2) is 9.48. The van der Waals surface area contributed by atoms with E-state index in [1.807, 2.05) is 52.0 Å². The van der Waals surface area contributed by atoms with Gasteiger partial charge in [-0.1, -0.05) is 25.0 Å². The van der Waals surface area contributed by atoms with Gasteiger partial charge in [0.2, 0.25) is 0 Å². The zero-order valence-electron chi connectivity index (χ0n) is 20.0. The predicted octanol–water partition coefficient (Wildman–Crippen LogP) is 4.76. The number of hydrogen-bond acceptors (Lipinski definition) is 6. The number of pyridine rings is 1. The third kappa shape index (κ3) is 5.40. The van der Waals surface area contributed by atoms with Crippen molar-refractivity contribution in [3.63, 3.8) is 0 Å². The van der Waals surface area contributed by atoms with Crippen LogP contribution in [0.5, 0.6) is 0 Å². The number of nitrogens with zero attached hydrogens (tertiary/aromatic N) is 1. The standard InChI is InChI=1S/C25H32FN5O3/c1-14-8-7-9-15(12-14)28-21-19-16(13-27-23(19)32)20(26)22(31-21)29-17-10-5-6-11-18(17)30-24(33)34-25(2,3)4/h7-9,12,17-18H,5-6,10-11,13H2,1-4H3,(H,27,32)(H,30,33)(H2,28,29,31)/t17-,18+/m0/s1. The summed E-state index contributed by atoms with van der Waals surface area (Å²) in [5.74, 6) is -0.546. The van der Waals surface area contributed by atoms with Crippen molar-refractivity contribution in [2.45, 2.75) is 77.6 Å². The largest absolute Gasteiger partial charge is 0.444 e. The normalized spacial score (nSPS) is 19.7. The van der Waals surface area contributed by atoms with Crippen LogP contribution in [0.2, 0.25) is 0 Å². The Morgan fingerprint density at radius 2 is 1.91 bits per heavy atom. The molecule has 0 spiro atoms. The fraction of sp³-hybridized carbons (Fsp3) is 0.480. The molecule has 0 saturated heterocycles. The van der Waals surface area contributed by atoms with Crippen molar-refractivity contribution in [2.24, 2.45) is 0 Å². The number of halogens is 1. The van der Waals surface area contributed by atoms with E-state index >= 15 is 4.39 Å². The second-order valence-electron chi connectivity index (χ2n) is 9.94. The van der Waals surface area contributed by atoms with Gasteiger partial charge in [-0.25, -0.2) is 14.2 Å². The molecule has 0 radical (unpaired) electrons. The quantitative estimate of drug-likeness (QED) is 0.503. The molecule has 1 aliphatic carbocycles. The van der Waals surface area contributed by atoms with Crippen LogP contribution in [-0.2, 0) is 11.3 Å². The van der Waals surface area contributed by atoms with Crippen LogP contribution in [0.25, 0.3) is 0 Å². The third-order valence-corrected chi connectivity index (χ3v) is 5.96. The Labute approximate surface area is 199 Å². The zero-order chi connectivity index (χ0) is 24.5. The highest BCUT2D eigenvalue weighted by Crippen LogP contribution is 2.33. The van der Waals surface area contributed by atoms with Gasteiger partial charge >= 0.3 is 6.09 Å². The van der Waals surface area contributed by atoms with E-state index in [0.717, 1.165) is 36.9 Å². The molecule has 1 aliphatic heterocycles. The third-order valence-electron chi connectivity index (χ3n) is 5.96. The average molecular weight is 470 g/mol. The van der Waals surface area contributed by atoms with E-state index in [9.17, 15) is 9.59 Å². The summed E-state index contributed by atoms with van der Waals surface area (Å²) in [6, 6.07) is 7.21. The first-order valence-corrected chi connectivity index (χ1v) is 11.7. The maximum Gasteiger partial charge on any atom is 0.407 e. The Hall–Kier alpha value is -3.36. The molecule has 1 fully saturated rings. The summed E-state index contributed by atoms with van der Waals surface area (Å²) < 4.78 is 20.8. The predicted molar refractivity (Wildman–Crippen MR) is 129 cm³/mol. The summed E-state index contributed by atoms with van der Waals surface area (Å²) in [6.07, 6.45) is 2.90. The smallest absolute Gasteiger partial charge is 0.407 e. The Bertz CT molecular complexity index is 1100. The van der Waals surface area contributed by atoms with Crippen molar-refractivity contribution in [3.05, 3.63) is 46.8 Å². The van der Waals surface area contributed by atoms with Crippen LogP contribution in [-0.4, -0.2) is 34.7 Å². The molecule has 2 amide bonds. The van der Waals surface area contributed by atoms with Gasteiger partial charge in [0.05, 0.1) is 11.6 Å². The lowest BCUT2D eigenvalue weighted by Gasteiger charge is -2.34. The van der Waals surface area contributed by atoms with Crippen molar-refractivity contribution >= 4 is 29.3 Å². The van der Waals surface area contributed by atoms with Gasteiger partial charge in [0.1, 0.15) is 11.4 Å². The molecule has 9 heteroatoms. The van der Waals surface area contributed by atoms with Crippen LogP contribution in [0.3, 0.4) is 0 Å². The van der Waals surface area contributed by atoms with Crippen LogP contribution >= 0.6 is 0 Å². The van der Waals surface area contributed by atoms with Gasteiger partial charge in [0.25, 0.3) is 5.91 Å².